The van der Waals surface area contributed by atoms with Crippen molar-refractivity contribution in [3.05, 3.63) is 17.1 Å². The molecule has 4 nitrogen and oxygen atoms in total. The molecule has 2 bridgehead atoms. The molecule has 0 radical (unpaired) electrons. The van der Waals surface area contributed by atoms with Crippen LogP contribution in [0.4, 0.5) is 5.82 Å². The summed E-state index contributed by atoms with van der Waals surface area (Å²) in [7, 11) is 0. The fourth-order valence-corrected chi connectivity index (χ4v) is 4.30. The van der Waals surface area contributed by atoms with Crippen LogP contribution in [0.15, 0.2) is 0 Å². The van der Waals surface area contributed by atoms with Gasteiger partial charge in [-0.15, -0.1) is 0 Å². The lowest BCUT2D eigenvalue weighted by Crippen LogP contribution is -2.17. The van der Waals surface area contributed by atoms with Crippen LogP contribution in [0.25, 0.3) is 0 Å². The van der Waals surface area contributed by atoms with E-state index in [1.165, 1.54) is 43.4 Å². The van der Waals surface area contributed by atoms with E-state index in [0.29, 0.717) is 5.92 Å². The average molecular weight is 244 g/mol. The van der Waals surface area contributed by atoms with E-state index in [9.17, 15) is 0 Å². The number of nitrogens with two attached hydrogens (primary N) is 1. The topological polar surface area (TPSA) is 63.8 Å². The van der Waals surface area contributed by atoms with E-state index >= 15 is 0 Å². The second-order valence-electron chi connectivity index (χ2n) is 6.13. The molecule has 18 heavy (non-hydrogen) atoms. The van der Waals surface area contributed by atoms with Gasteiger partial charge in [0.05, 0.1) is 0 Å². The maximum absolute atomic E-state index is 5.63. The Labute approximate surface area is 107 Å². The van der Waals surface area contributed by atoms with Crippen LogP contribution >= 0.6 is 0 Å². The summed E-state index contributed by atoms with van der Waals surface area (Å²) in [4.78, 5) is 9.57. The number of anilines is 1. The van der Waals surface area contributed by atoms with Gasteiger partial charge in [-0.3, -0.25) is 0 Å². The van der Waals surface area contributed by atoms with E-state index in [-0.39, 0.29) is 0 Å². The van der Waals surface area contributed by atoms with E-state index in [1.54, 1.807) is 0 Å². The van der Waals surface area contributed by atoms with Gasteiger partial charge in [0.15, 0.2) is 0 Å². The van der Waals surface area contributed by atoms with Crippen LogP contribution in [-0.2, 0) is 12.8 Å². The predicted molar refractivity (Wildman–Crippen MR) is 70.1 cm³/mol. The molecule has 96 valence electrons. The van der Waals surface area contributed by atoms with Crippen molar-refractivity contribution in [2.24, 2.45) is 17.7 Å². The zero-order valence-corrected chi connectivity index (χ0v) is 10.7. The molecule has 1 heterocycles. The van der Waals surface area contributed by atoms with Gasteiger partial charge in [-0.05, 0) is 50.4 Å². The van der Waals surface area contributed by atoms with Gasteiger partial charge in [0, 0.05) is 17.2 Å². The van der Waals surface area contributed by atoms with Crippen LogP contribution in [0.3, 0.4) is 0 Å². The van der Waals surface area contributed by atoms with Gasteiger partial charge in [-0.1, -0.05) is 6.42 Å². The zero-order chi connectivity index (χ0) is 12.1. The van der Waals surface area contributed by atoms with Crippen LogP contribution in [0.5, 0.6) is 0 Å². The summed E-state index contributed by atoms with van der Waals surface area (Å²) < 4.78 is 0. The van der Waals surface area contributed by atoms with Crippen molar-refractivity contribution in [1.29, 1.82) is 0 Å². The Kier molecular flexibility index (Phi) is 2.34. The highest BCUT2D eigenvalue weighted by atomic mass is 15.3. The monoisotopic (exact) mass is 244 g/mol. The molecule has 0 spiro atoms. The Morgan fingerprint density at radius 2 is 2.06 bits per heavy atom. The van der Waals surface area contributed by atoms with Crippen LogP contribution < -0.4 is 11.3 Å². The van der Waals surface area contributed by atoms with Crippen LogP contribution in [0.1, 0.15) is 55.1 Å². The van der Waals surface area contributed by atoms with Gasteiger partial charge in [0.2, 0.25) is 0 Å². The molecule has 3 aliphatic rings. The fourth-order valence-electron chi connectivity index (χ4n) is 4.30. The second-order valence-corrected chi connectivity index (χ2v) is 6.13. The molecule has 2 fully saturated rings. The van der Waals surface area contributed by atoms with Gasteiger partial charge in [-0.2, -0.15) is 0 Å². The number of nitrogen functional groups attached to an aromatic ring is 1. The first-order valence-electron chi connectivity index (χ1n) is 7.21. The van der Waals surface area contributed by atoms with Crippen molar-refractivity contribution in [3.63, 3.8) is 0 Å². The molecule has 1 aromatic rings. The normalized spacial score (nSPS) is 32.8. The summed E-state index contributed by atoms with van der Waals surface area (Å²) in [6.45, 7) is 0. The molecule has 1 aromatic heterocycles. The fraction of sp³-hybridized carbons (Fsp3) is 0.714. The summed E-state index contributed by atoms with van der Waals surface area (Å²) in [5.41, 5.74) is 5.28. The number of fused-ring (bicyclic) bond motifs is 3. The molecular weight excluding hydrogens is 224 g/mol. The van der Waals surface area contributed by atoms with Crippen LogP contribution in [0.2, 0.25) is 0 Å². The summed E-state index contributed by atoms with van der Waals surface area (Å²) >= 11 is 0. The zero-order valence-electron chi connectivity index (χ0n) is 10.7. The van der Waals surface area contributed by atoms with E-state index in [2.05, 4.69) is 5.43 Å². The summed E-state index contributed by atoms with van der Waals surface area (Å²) in [6, 6.07) is 0. The minimum Gasteiger partial charge on any atom is -0.308 e. The third-order valence-electron chi connectivity index (χ3n) is 5.16. The third-order valence-corrected chi connectivity index (χ3v) is 5.16. The molecule has 0 aliphatic heterocycles. The molecule has 4 rings (SSSR count). The molecule has 0 amide bonds. The number of aryl methyl sites for hydroxylation is 1. The van der Waals surface area contributed by atoms with Crippen molar-refractivity contribution >= 4 is 5.82 Å². The number of hydrazine groups is 1. The van der Waals surface area contributed by atoms with Crippen molar-refractivity contribution in [2.75, 3.05) is 5.43 Å². The smallest absolute Gasteiger partial charge is 0.147 e. The molecule has 0 saturated heterocycles. The number of rotatable bonds is 2. The average Bonchev–Trinajstić information content (AvgIpc) is 3.12. The van der Waals surface area contributed by atoms with Gasteiger partial charge in [0.1, 0.15) is 11.6 Å². The third kappa shape index (κ3) is 1.48. The largest absolute Gasteiger partial charge is 0.308 e. The van der Waals surface area contributed by atoms with E-state index in [1.807, 2.05) is 0 Å². The van der Waals surface area contributed by atoms with Gasteiger partial charge in [0.25, 0.3) is 0 Å². The lowest BCUT2D eigenvalue weighted by molar-refractivity contribution is 0.405. The first-order chi connectivity index (χ1) is 8.85. The SMILES string of the molecule is NNc1nc(C2CC3CCC2C3)nc2c1CCC2. The molecule has 3 unspecified atom stereocenters. The first-order valence-corrected chi connectivity index (χ1v) is 7.21. The summed E-state index contributed by atoms with van der Waals surface area (Å²) in [6.07, 6.45) is 8.87. The van der Waals surface area contributed by atoms with Crippen molar-refractivity contribution in [3.8, 4) is 0 Å². The Balaban J connectivity index is 1.73. The maximum Gasteiger partial charge on any atom is 0.147 e. The highest BCUT2D eigenvalue weighted by Gasteiger charge is 2.42. The molecular formula is C14H20N4. The van der Waals surface area contributed by atoms with Crippen molar-refractivity contribution < 1.29 is 0 Å². The Bertz CT molecular complexity index is 485. The molecule has 3 aliphatic carbocycles. The number of nitrogens with one attached hydrogen (secondary N) is 1. The Hall–Kier alpha value is -1.16. The standard InChI is InChI=1S/C14H20N4/c15-18-14-10-2-1-3-12(10)16-13(17-14)11-7-8-4-5-9(11)6-8/h8-9,11H,1-7,15H2,(H,16,17,18). The molecule has 4 heteroatoms. The highest BCUT2D eigenvalue weighted by molar-refractivity contribution is 5.48. The number of nitrogens with zero attached hydrogens (tertiary/aromatic N) is 2. The second kappa shape index (κ2) is 3.92. The number of hydrogen-bond acceptors (Lipinski definition) is 4. The highest BCUT2D eigenvalue weighted by Crippen LogP contribution is 2.52. The molecule has 3 N–H and O–H groups in total. The first kappa shape index (κ1) is 10.7. The summed E-state index contributed by atoms with van der Waals surface area (Å²) in [5.74, 6) is 9.94. The van der Waals surface area contributed by atoms with Crippen LogP contribution in [-0.4, -0.2) is 9.97 Å². The molecule has 2 saturated carbocycles. The van der Waals surface area contributed by atoms with E-state index in [4.69, 9.17) is 15.8 Å². The van der Waals surface area contributed by atoms with Gasteiger partial charge in [-0.25, -0.2) is 15.8 Å². The van der Waals surface area contributed by atoms with Crippen LogP contribution in [0, 0.1) is 11.8 Å². The van der Waals surface area contributed by atoms with Gasteiger partial charge < -0.3 is 5.43 Å². The lowest BCUT2D eigenvalue weighted by atomic mass is 9.88. The number of aromatic nitrogens is 2. The van der Waals surface area contributed by atoms with E-state index < -0.39 is 0 Å². The molecule has 0 aromatic carbocycles. The maximum atomic E-state index is 5.63. The predicted octanol–water partition coefficient (Wildman–Crippen LogP) is 2.15. The minimum atomic E-state index is 0.599. The summed E-state index contributed by atoms with van der Waals surface area (Å²) in [5, 5.41) is 0. The Morgan fingerprint density at radius 1 is 1.11 bits per heavy atom. The van der Waals surface area contributed by atoms with E-state index in [0.717, 1.165) is 36.3 Å². The number of hydrogen-bond donors (Lipinski definition) is 2. The van der Waals surface area contributed by atoms with Crippen molar-refractivity contribution in [2.45, 2.75) is 50.9 Å². The van der Waals surface area contributed by atoms with Gasteiger partial charge >= 0.3 is 0 Å². The Morgan fingerprint density at radius 3 is 2.78 bits per heavy atom. The minimum absolute atomic E-state index is 0.599. The lowest BCUT2D eigenvalue weighted by Gasteiger charge is -2.21. The molecule has 3 atom stereocenters. The van der Waals surface area contributed by atoms with Crippen molar-refractivity contribution in [1.82, 2.24) is 9.97 Å². The quantitative estimate of drug-likeness (QED) is 0.618.